The predicted molar refractivity (Wildman–Crippen MR) is 129 cm³/mol. The van der Waals surface area contributed by atoms with E-state index >= 15 is 0 Å². The van der Waals surface area contributed by atoms with Crippen LogP contribution in [0.15, 0.2) is 78.2 Å². The summed E-state index contributed by atoms with van der Waals surface area (Å²) in [6.45, 7) is 4.00. The first-order valence-corrected chi connectivity index (χ1v) is 9.99. The predicted octanol–water partition coefficient (Wildman–Crippen LogP) is 4.75. The molecule has 3 aromatic carbocycles. The molecule has 0 saturated carbocycles. The normalized spacial score (nSPS) is 11.3. The summed E-state index contributed by atoms with van der Waals surface area (Å²) in [6.07, 6.45) is 1.72. The molecule has 0 saturated heterocycles. The molecular weight excluding hydrogens is 423 g/mol. The molecule has 0 aliphatic heterocycles. The van der Waals surface area contributed by atoms with Crippen molar-refractivity contribution in [1.82, 2.24) is 10.2 Å². The molecule has 0 fully saturated rings. The topological polar surface area (TPSA) is 110 Å². The molecule has 4 aromatic rings. The number of aromatic amines is 1. The van der Waals surface area contributed by atoms with Crippen molar-refractivity contribution in [3.05, 3.63) is 84.6 Å². The fourth-order valence-corrected chi connectivity index (χ4v) is 3.29. The van der Waals surface area contributed by atoms with E-state index in [1.54, 1.807) is 44.7 Å². The van der Waals surface area contributed by atoms with Gasteiger partial charge in [-0.1, -0.05) is 6.58 Å². The second-order valence-electron chi connectivity index (χ2n) is 7.13. The van der Waals surface area contributed by atoms with Gasteiger partial charge in [0.1, 0.15) is 17.5 Å². The molecule has 0 spiro atoms. The fourth-order valence-electron chi connectivity index (χ4n) is 3.29. The minimum absolute atomic E-state index is 0.260. The second kappa shape index (κ2) is 9.31. The van der Waals surface area contributed by atoms with Crippen LogP contribution in [0, 0.1) is 5.82 Å². The first kappa shape index (κ1) is 21.7. The van der Waals surface area contributed by atoms with Crippen LogP contribution in [0.4, 0.5) is 21.5 Å². The van der Waals surface area contributed by atoms with Crippen LogP contribution in [0.1, 0.15) is 5.56 Å². The molecule has 9 heteroatoms. The lowest BCUT2D eigenvalue weighted by Crippen LogP contribution is -2.17. The van der Waals surface area contributed by atoms with Gasteiger partial charge >= 0.3 is 0 Å². The highest BCUT2D eigenvalue weighted by atomic mass is 19.1. The number of benzene rings is 3. The van der Waals surface area contributed by atoms with Crippen molar-refractivity contribution in [3.8, 4) is 11.5 Å². The van der Waals surface area contributed by atoms with Crippen molar-refractivity contribution >= 4 is 33.8 Å². The van der Waals surface area contributed by atoms with E-state index < -0.39 is 0 Å². The third-order valence-electron chi connectivity index (χ3n) is 4.90. The lowest BCUT2D eigenvalue weighted by Gasteiger charge is -2.18. The van der Waals surface area contributed by atoms with Crippen LogP contribution in [0.5, 0.6) is 11.5 Å². The third-order valence-corrected chi connectivity index (χ3v) is 4.90. The zero-order chi connectivity index (χ0) is 23.4. The quantitative estimate of drug-likeness (QED) is 0.230. The number of rotatable bonds is 8. The van der Waals surface area contributed by atoms with Gasteiger partial charge in [0, 0.05) is 22.7 Å². The van der Waals surface area contributed by atoms with Gasteiger partial charge in [0.15, 0.2) is 11.5 Å². The Morgan fingerprint density at radius 1 is 1.03 bits per heavy atom. The van der Waals surface area contributed by atoms with E-state index in [1.807, 2.05) is 18.2 Å². The lowest BCUT2D eigenvalue weighted by atomic mass is 10.1. The monoisotopic (exact) mass is 446 g/mol. The summed E-state index contributed by atoms with van der Waals surface area (Å²) in [6, 6.07) is 15.0. The molecule has 1 heterocycles. The van der Waals surface area contributed by atoms with Gasteiger partial charge in [0.05, 0.1) is 37.3 Å². The van der Waals surface area contributed by atoms with Gasteiger partial charge in [-0.25, -0.2) is 9.38 Å². The number of hydrogen-bond acceptors (Lipinski definition) is 6. The Bertz CT molecular complexity index is 1330. The summed E-state index contributed by atoms with van der Waals surface area (Å²) in [5, 5.41) is 14.1. The summed E-state index contributed by atoms with van der Waals surface area (Å²) >= 11 is 0. The minimum atomic E-state index is -0.320. The number of fused-ring (bicyclic) bond motifs is 1. The zero-order valence-electron chi connectivity index (χ0n) is 18.1. The summed E-state index contributed by atoms with van der Waals surface area (Å²) in [7, 11) is 3.09. The molecule has 0 aliphatic rings. The van der Waals surface area contributed by atoms with Crippen LogP contribution in [0.2, 0.25) is 0 Å². The number of aliphatic imine (C=N–C) groups is 1. The van der Waals surface area contributed by atoms with Crippen LogP contribution in [-0.2, 0) is 0 Å². The Morgan fingerprint density at radius 2 is 1.76 bits per heavy atom. The van der Waals surface area contributed by atoms with Crippen molar-refractivity contribution in [1.29, 1.82) is 0 Å². The molecule has 5 N–H and O–H groups in total. The molecule has 0 amide bonds. The summed E-state index contributed by atoms with van der Waals surface area (Å²) < 4.78 is 24.1. The molecule has 0 atom stereocenters. The highest BCUT2D eigenvalue weighted by Crippen LogP contribution is 2.34. The number of hydrogen-bond donors (Lipinski definition) is 4. The number of halogens is 1. The molecule has 33 heavy (non-hydrogen) atoms. The van der Waals surface area contributed by atoms with Crippen molar-refractivity contribution in [2.45, 2.75) is 0 Å². The van der Waals surface area contributed by atoms with Crippen LogP contribution >= 0.6 is 0 Å². The molecule has 0 aliphatic carbocycles. The molecule has 0 bridgehead atoms. The minimum Gasteiger partial charge on any atom is -0.493 e. The number of methoxy groups -OCH3 is 2. The third kappa shape index (κ3) is 4.87. The number of nitrogens with two attached hydrogens (primary N) is 1. The SMILES string of the molecule is C=C(Nc1ccc(F)cc1)Nc1cc(OC)c(OC)cc1C(N)=Nc1ccc2[nH]ncc2c1. The Morgan fingerprint density at radius 3 is 2.48 bits per heavy atom. The Hall–Kier alpha value is -4.53. The van der Waals surface area contributed by atoms with E-state index in [2.05, 4.69) is 32.4 Å². The van der Waals surface area contributed by atoms with Crippen LogP contribution in [0.25, 0.3) is 10.9 Å². The Balaban J connectivity index is 1.67. The number of amidine groups is 1. The largest absolute Gasteiger partial charge is 0.493 e. The molecule has 0 radical (unpaired) electrons. The zero-order valence-corrected chi connectivity index (χ0v) is 18.1. The van der Waals surface area contributed by atoms with E-state index in [-0.39, 0.29) is 11.7 Å². The first-order chi connectivity index (χ1) is 16.0. The molecular formula is C24H23FN6O2. The maximum absolute atomic E-state index is 13.2. The van der Waals surface area contributed by atoms with E-state index in [9.17, 15) is 4.39 Å². The standard InChI is InChI=1S/C24H23FN6O2/c1-14(28-17-6-4-16(25)5-7-17)29-21-12-23(33-3)22(32-2)11-19(21)24(26)30-18-8-9-20-15(10-18)13-27-31-20/h4-13,28-29H,1H2,2-3H3,(H2,26,30)(H,27,31). The fraction of sp³-hybridized carbons (Fsp3) is 0.0833. The van der Waals surface area contributed by atoms with E-state index in [0.29, 0.717) is 39.9 Å². The van der Waals surface area contributed by atoms with E-state index in [0.717, 1.165) is 10.9 Å². The maximum Gasteiger partial charge on any atom is 0.162 e. The summed E-state index contributed by atoms with van der Waals surface area (Å²) in [5.74, 6) is 1.39. The number of anilines is 2. The first-order valence-electron chi connectivity index (χ1n) is 9.99. The summed E-state index contributed by atoms with van der Waals surface area (Å²) in [4.78, 5) is 4.58. The van der Waals surface area contributed by atoms with Gasteiger partial charge in [-0.15, -0.1) is 0 Å². The van der Waals surface area contributed by atoms with Crippen LogP contribution in [-0.4, -0.2) is 30.3 Å². The highest BCUT2D eigenvalue weighted by molar-refractivity contribution is 6.05. The molecule has 0 unspecified atom stereocenters. The number of nitrogens with one attached hydrogen (secondary N) is 3. The number of nitrogens with zero attached hydrogens (tertiary/aromatic N) is 2. The Labute approximate surface area is 189 Å². The van der Waals surface area contributed by atoms with Gasteiger partial charge in [-0.2, -0.15) is 5.10 Å². The molecule has 168 valence electrons. The van der Waals surface area contributed by atoms with Crippen molar-refractivity contribution in [3.63, 3.8) is 0 Å². The van der Waals surface area contributed by atoms with E-state index in [4.69, 9.17) is 15.2 Å². The van der Waals surface area contributed by atoms with Gasteiger partial charge < -0.3 is 25.8 Å². The highest BCUT2D eigenvalue weighted by Gasteiger charge is 2.15. The van der Waals surface area contributed by atoms with Gasteiger partial charge in [0.2, 0.25) is 0 Å². The Kier molecular flexibility index (Phi) is 6.12. The van der Waals surface area contributed by atoms with Crippen molar-refractivity contribution in [2.75, 3.05) is 24.9 Å². The smallest absolute Gasteiger partial charge is 0.162 e. The lowest BCUT2D eigenvalue weighted by molar-refractivity contribution is 0.355. The number of ether oxygens (including phenoxy) is 2. The number of aromatic nitrogens is 2. The van der Waals surface area contributed by atoms with Gasteiger partial charge in [-0.3, -0.25) is 5.10 Å². The van der Waals surface area contributed by atoms with Crippen LogP contribution < -0.4 is 25.8 Å². The molecule has 1 aromatic heterocycles. The van der Waals surface area contributed by atoms with Gasteiger partial charge in [0.25, 0.3) is 0 Å². The summed E-state index contributed by atoms with van der Waals surface area (Å²) in [5.41, 5.74) is 9.84. The molecule has 4 rings (SSSR count). The average molecular weight is 446 g/mol. The van der Waals surface area contributed by atoms with Gasteiger partial charge in [-0.05, 0) is 48.5 Å². The maximum atomic E-state index is 13.2. The number of H-pyrrole nitrogens is 1. The van der Waals surface area contributed by atoms with E-state index in [1.165, 1.54) is 12.1 Å². The second-order valence-corrected chi connectivity index (χ2v) is 7.13. The van der Waals surface area contributed by atoms with Crippen LogP contribution in [0.3, 0.4) is 0 Å². The average Bonchev–Trinajstić information content (AvgIpc) is 3.28. The molecule has 8 nitrogen and oxygen atoms in total. The van der Waals surface area contributed by atoms with Crippen molar-refractivity contribution < 1.29 is 13.9 Å². The van der Waals surface area contributed by atoms with Crippen molar-refractivity contribution in [2.24, 2.45) is 10.7 Å².